The van der Waals surface area contributed by atoms with Gasteiger partial charge >= 0.3 is 0 Å². The Labute approximate surface area is 282 Å². The molecule has 1 saturated heterocycles. The number of benzene rings is 3. The number of aromatic hydroxyl groups is 1. The molecule has 4 aliphatic rings. The fourth-order valence-electron chi connectivity index (χ4n) is 8.89. The summed E-state index contributed by atoms with van der Waals surface area (Å²) in [5.74, 6) is -3.85. The summed E-state index contributed by atoms with van der Waals surface area (Å²) in [6.45, 7) is 0.211. The number of phenols is 1. The van der Waals surface area contributed by atoms with Crippen LogP contribution in [0.2, 0.25) is 0 Å². The van der Waals surface area contributed by atoms with E-state index in [1.54, 1.807) is 12.1 Å². The Morgan fingerprint density at radius 2 is 1.65 bits per heavy atom. The number of hydrogen-bond donors (Lipinski definition) is 1. The lowest BCUT2D eigenvalue weighted by Gasteiger charge is -2.55. The van der Waals surface area contributed by atoms with Crippen LogP contribution in [0.4, 0.5) is 0 Å². The van der Waals surface area contributed by atoms with Crippen LogP contribution < -0.4 is 4.74 Å². The topological polar surface area (TPSA) is 101 Å². The van der Waals surface area contributed by atoms with E-state index >= 15 is 4.79 Å². The van der Waals surface area contributed by atoms with Crippen LogP contribution in [-0.2, 0) is 31.1 Å². The van der Waals surface area contributed by atoms with E-state index < -0.39 is 35.0 Å². The highest BCUT2D eigenvalue weighted by atomic mass is 32.1. The lowest BCUT2D eigenvalue weighted by Crippen LogP contribution is -2.58. The Kier molecular flexibility index (Phi) is 7.29. The van der Waals surface area contributed by atoms with Crippen LogP contribution in [0.3, 0.4) is 0 Å². The van der Waals surface area contributed by atoms with Crippen molar-refractivity contribution in [1.82, 2.24) is 4.90 Å². The third-order valence-corrected chi connectivity index (χ3v) is 11.8. The van der Waals surface area contributed by atoms with E-state index in [1.165, 1.54) is 35.5 Å². The Balaban J connectivity index is 1.35. The second-order valence-electron chi connectivity index (χ2n) is 13.1. The van der Waals surface area contributed by atoms with Gasteiger partial charge in [0.25, 0.3) is 0 Å². The summed E-state index contributed by atoms with van der Waals surface area (Å²) in [6.07, 6.45) is 4.04. The summed E-state index contributed by atoms with van der Waals surface area (Å²) in [5.41, 5.74) is 1.55. The molecule has 4 aromatic rings. The number of thiophene rings is 1. The zero-order valence-corrected chi connectivity index (χ0v) is 27.1. The summed E-state index contributed by atoms with van der Waals surface area (Å²) < 4.78 is 5.41. The molecule has 2 amide bonds. The van der Waals surface area contributed by atoms with Gasteiger partial charge in [-0.1, -0.05) is 84.4 Å². The molecule has 0 bridgehead atoms. The van der Waals surface area contributed by atoms with Gasteiger partial charge in [0.1, 0.15) is 11.5 Å². The van der Waals surface area contributed by atoms with Crippen LogP contribution >= 0.6 is 11.3 Å². The minimum atomic E-state index is -1.40. The van der Waals surface area contributed by atoms with Crippen LogP contribution in [0.1, 0.15) is 40.3 Å². The molecule has 7 nitrogen and oxygen atoms in total. The first-order valence-electron chi connectivity index (χ1n) is 16.2. The number of rotatable bonds is 6. The molecular weight excluding hydrogens is 623 g/mol. The van der Waals surface area contributed by atoms with Gasteiger partial charge in [-0.25, -0.2) is 0 Å². The van der Waals surface area contributed by atoms with Crippen molar-refractivity contribution in [3.05, 3.63) is 136 Å². The molecular formula is C40H33NO6S. The number of ether oxygens (including phenoxy) is 1. The third-order valence-electron chi connectivity index (χ3n) is 10.9. The van der Waals surface area contributed by atoms with Crippen molar-refractivity contribution >= 4 is 40.3 Å². The monoisotopic (exact) mass is 655 g/mol. The summed E-state index contributed by atoms with van der Waals surface area (Å²) in [6, 6.07) is 27.4. The highest BCUT2D eigenvalue weighted by Gasteiger charge is 2.66. The SMILES string of the molecule is COc1ccc([C@H]2C3=CC[C@@H]4C(=O)N(Cc5cccs5)C(=O)[C@@H]4[C@@H]3C[C@H]3C(=O)C(c4ccccc4)=CC(=O)[C@@]23c2ccccc2)c(O)c1. The maximum absolute atomic E-state index is 15.1. The number of nitrogens with zero attached hydrogens (tertiary/aromatic N) is 1. The van der Waals surface area contributed by atoms with Crippen LogP contribution in [0.25, 0.3) is 5.57 Å². The zero-order valence-electron chi connectivity index (χ0n) is 26.2. The largest absolute Gasteiger partial charge is 0.508 e. The molecule has 6 atom stereocenters. The van der Waals surface area contributed by atoms with Crippen molar-refractivity contribution in [2.24, 2.45) is 23.7 Å². The molecule has 2 heterocycles. The van der Waals surface area contributed by atoms with E-state index in [1.807, 2.05) is 84.3 Å². The van der Waals surface area contributed by atoms with Gasteiger partial charge in [0.05, 0.1) is 30.9 Å². The lowest BCUT2D eigenvalue weighted by atomic mass is 9.44. The molecule has 2 fully saturated rings. The molecule has 1 aliphatic heterocycles. The van der Waals surface area contributed by atoms with Gasteiger partial charge in [0.2, 0.25) is 11.8 Å². The van der Waals surface area contributed by atoms with Gasteiger partial charge in [-0.3, -0.25) is 24.1 Å². The number of allylic oxidation sites excluding steroid dienone is 4. The number of likely N-dealkylation sites (tertiary alicyclic amines) is 1. The summed E-state index contributed by atoms with van der Waals surface area (Å²) >= 11 is 1.50. The van der Waals surface area contributed by atoms with Crippen molar-refractivity contribution in [3.63, 3.8) is 0 Å². The number of methoxy groups -OCH3 is 1. The first kappa shape index (κ1) is 30.3. The maximum Gasteiger partial charge on any atom is 0.234 e. The Bertz CT molecular complexity index is 2020. The predicted molar refractivity (Wildman–Crippen MR) is 181 cm³/mol. The van der Waals surface area contributed by atoms with E-state index in [0.29, 0.717) is 34.4 Å². The number of phenolic OH excluding ortho intramolecular Hbond substituents is 1. The zero-order chi connectivity index (χ0) is 33.2. The Hall–Kier alpha value is -5.08. The number of imide groups is 1. The number of fused-ring (bicyclic) bond motifs is 4. The van der Waals surface area contributed by atoms with Gasteiger partial charge in [0.15, 0.2) is 11.6 Å². The number of carbonyl (C=O) groups is 4. The van der Waals surface area contributed by atoms with Gasteiger partial charge in [-0.15, -0.1) is 11.3 Å². The number of carbonyl (C=O) groups excluding carboxylic acids is 4. The first-order chi connectivity index (χ1) is 23.3. The normalized spacial score (nSPS) is 27.9. The number of amides is 2. The van der Waals surface area contributed by atoms with E-state index in [-0.39, 0.29) is 42.1 Å². The summed E-state index contributed by atoms with van der Waals surface area (Å²) in [5, 5.41) is 13.5. The smallest absolute Gasteiger partial charge is 0.234 e. The molecule has 0 spiro atoms. The molecule has 48 heavy (non-hydrogen) atoms. The first-order valence-corrected chi connectivity index (χ1v) is 17.1. The summed E-state index contributed by atoms with van der Waals surface area (Å²) in [4.78, 5) is 60.5. The van der Waals surface area contributed by atoms with Crippen molar-refractivity contribution in [2.45, 2.75) is 30.7 Å². The predicted octanol–water partition coefficient (Wildman–Crippen LogP) is 6.49. The van der Waals surface area contributed by atoms with Crippen molar-refractivity contribution in [3.8, 4) is 11.5 Å². The average Bonchev–Trinajstić information content (AvgIpc) is 3.72. The highest BCUT2D eigenvalue weighted by Crippen LogP contribution is 2.64. The standard InChI is InChI=1S/C40H33NO6S/c1-47-25-14-15-28(33(42)19-25)36-27-16-17-29-35(39(46)41(38(29)45)22-26-13-8-18-48-26)31(27)20-32-37(44)30(23-9-4-2-5-10-23)21-34(43)40(32,36)24-11-6-3-7-12-24/h2-16,18-19,21,29,31-32,35-36,42H,17,20,22H2,1H3/t29-,31+,32-,35-,36+,40-/m0/s1. The molecule has 8 rings (SSSR count). The molecule has 240 valence electrons. The molecule has 1 saturated carbocycles. The molecule has 3 aliphatic carbocycles. The van der Waals surface area contributed by atoms with Crippen molar-refractivity contribution in [1.29, 1.82) is 0 Å². The molecule has 1 aromatic heterocycles. The average molecular weight is 656 g/mol. The Morgan fingerprint density at radius 1 is 0.896 bits per heavy atom. The number of hydrogen-bond acceptors (Lipinski definition) is 7. The Morgan fingerprint density at radius 3 is 2.33 bits per heavy atom. The third kappa shape index (κ3) is 4.39. The van der Waals surface area contributed by atoms with Gasteiger partial charge < -0.3 is 9.84 Å². The second kappa shape index (κ2) is 11.6. The van der Waals surface area contributed by atoms with E-state index in [9.17, 15) is 19.5 Å². The van der Waals surface area contributed by atoms with Crippen molar-refractivity contribution in [2.75, 3.05) is 7.11 Å². The van der Waals surface area contributed by atoms with E-state index in [2.05, 4.69) is 0 Å². The quantitative estimate of drug-likeness (QED) is 0.188. The minimum absolute atomic E-state index is 0.0664. The fraction of sp³-hybridized carbons (Fsp3) is 0.250. The van der Waals surface area contributed by atoms with Crippen molar-refractivity contribution < 1.29 is 29.0 Å². The molecule has 0 radical (unpaired) electrons. The van der Waals surface area contributed by atoms with Crippen LogP contribution in [0.5, 0.6) is 11.5 Å². The molecule has 1 N–H and O–H groups in total. The fourth-order valence-corrected chi connectivity index (χ4v) is 9.59. The van der Waals surface area contributed by atoms with Crippen LogP contribution in [0.15, 0.2) is 114 Å². The van der Waals surface area contributed by atoms with Gasteiger partial charge in [0, 0.05) is 33.9 Å². The number of Topliss-reactive ketones (excluding diaryl/α,β-unsaturated/α-hetero) is 1. The second-order valence-corrected chi connectivity index (χ2v) is 14.1. The molecule has 8 heteroatoms. The number of ketones is 2. The molecule has 3 aromatic carbocycles. The van der Waals surface area contributed by atoms with E-state index in [4.69, 9.17) is 4.74 Å². The van der Waals surface area contributed by atoms with Crippen LogP contribution in [-0.4, -0.2) is 40.5 Å². The minimum Gasteiger partial charge on any atom is -0.508 e. The lowest BCUT2D eigenvalue weighted by molar-refractivity contribution is -0.141. The van der Waals surface area contributed by atoms with Gasteiger partial charge in [-0.05, 0) is 53.5 Å². The maximum atomic E-state index is 15.1. The van der Waals surface area contributed by atoms with Crippen LogP contribution in [0, 0.1) is 23.7 Å². The summed E-state index contributed by atoms with van der Waals surface area (Å²) in [7, 11) is 1.51. The highest BCUT2D eigenvalue weighted by molar-refractivity contribution is 7.09. The van der Waals surface area contributed by atoms with E-state index in [0.717, 1.165) is 10.5 Å². The van der Waals surface area contributed by atoms with Gasteiger partial charge in [-0.2, -0.15) is 0 Å². The molecule has 0 unspecified atom stereocenters.